The number of nitrogens with one attached hydrogen (secondary N) is 3. The Bertz CT molecular complexity index is 1030. The van der Waals surface area contributed by atoms with Crippen LogP contribution in [-0.4, -0.2) is 121 Å². The number of unbranched alkanes of at least 4 members (excludes halogenated alkanes) is 3. The molecule has 2 atom stereocenters. The lowest BCUT2D eigenvalue weighted by Crippen LogP contribution is -2.51. The van der Waals surface area contributed by atoms with Gasteiger partial charge < -0.3 is 36.2 Å². The van der Waals surface area contributed by atoms with Gasteiger partial charge in [0.1, 0.15) is 6.04 Å². The number of carbonyl (C=O) groups is 5. The molecule has 53 heavy (non-hydrogen) atoms. The Morgan fingerprint density at radius 2 is 1.49 bits per heavy atom. The molecule has 4 amide bonds. The maximum absolute atomic E-state index is 12.4. The summed E-state index contributed by atoms with van der Waals surface area (Å²) < 4.78 is 0. The Balaban J connectivity index is -0.000000383. The predicted molar refractivity (Wildman–Crippen MR) is 215 cm³/mol. The van der Waals surface area contributed by atoms with Crippen LogP contribution in [0.3, 0.4) is 0 Å². The van der Waals surface area contributed by atoms with Gasteiger partial charge in [-0.15, -0.1) is 0 Å². The quantitative estimate of drug-likeness (QED) is 0.0973. The van der Waals surface area contributed by atoms with Crippen molar-refractivity contribution in [2.45, 2.75) is 137 Å². The molecule has 2 unspecified atom stereocenters. The molecule has 0 spiro atoms. The van der Waals surface area contributed by atoms with E-state index < -0.39 is 6.04 Å². The van der Waals surface area contributed by atoms with Crippen LogP contribution in [0.15, 0.2) is 30.3 Å². The van der Waals surface area contributed by atoms with E-state index in [1.807, 2.05) is 62.7 Å². The normalized spacial score (nSPS) is 13.1. The molecule has 0 aromatic heterocycles. The van der Waals surface area contributed by atoms with Crippen LogP contribution in [0.5, 0.6) is 0 Å². The van der Waals surface area contributed by atoms with Crippen molar-refractivity contribution in [1.29, 1.82) is 0 Å². The van der Waals surface area contributed by atoms with Crippen LogP contribution in [0.1, 0.15) is 118 Å². The molecule has 1 aliphatic rings. The highest BCUT2D eigenvalue weighted by molar-refractivity contribution is 5.88. The van der Waals surface area contributed by atoms with Crippen molar-refractivity contribution in [3.63, 3.8) is 0 Å². The third-order valence-corrected chi connectivity index (χ3v) is 8.01. The van der Waals surface area contributed by atoms with Gasteiger partial charge in [-0.25, -0.2) is 0 Å². The van der Waals surface area contributed by atoms with Crippen LogP contribution >= 0.6 is 0 Å². The summed E-state index contributed by atoms with van der Waals surface area (Å²) in [6, 6.07) is 10.3. The number of likely N-dealkylation sites (N-methyl/N-ethyl adjacent to an activating group) is 2. The average molecular weight is 756 g/mol. The summed E-state index contributed by atoms with van der Waals surface area (Å²) in [6.07, 6.45) is 10.7. The molecular formula is C40H77N5O8. The van der Waals surface area contributed by atoms with Crippen molar-refractivity contribution in [3.05, 3.63) is 35.9 Å². The highest BCUT2D eigenvalue weighted by Crippen LogP contribution is 2.23. The van der Waals surface area contributed by atoms with Crippen molar-refractivity contribution < 1.29 is 39.3 Å². The number of likely N-dealkylation sites (tertiary alicyclic amines) is 1. The largest absolute Gasteiger partial charge is 0.483 e. The molecule has 1 fully saturated rings. The Labute approximate surface area is 321 Å². The molecule has 0 radical (unpaired) electrons. The van der Waals surface area contributed by atoms with Crippen LogP contribution in [0, 0.1) is 5.92 Å². The molecule has 2 rings (SSSR count). The maximum Gasteiger partial charge on any atom is 0.290 e. The first-order valence-corrected chi connectivity index (χ1v) is 19.1. The second kappa shape index (κ2) is 39.7. The maximum atomic E-state index is 12.4. The van der Waals surface area contributed by atoms with Gasteiger partial charge in [0.05, 0.1) is 6.54 Å². The highest BCUT2D eigenvalue weighted by Gasteiger charge is 2.28. The zero-order valence-electron chi connectivity index (χ0n) is 35.0. The number of carboxylic acid groups (broad SMARTS) is 1. The van der Waals surface area contributed by atoms with Gasteiger partial charge >= 0.3 is 0 Å². The van der Waals surface area contributed by atoms with E-state index in [1.165, 1.54) is 24.8 Å². The summed E-state index contributed by atoms with van der Waals surface area (Å²) in [5.74, 6) is 0.184. The Kier molecular flexibility index (Phi) is 42.0. The lowest BCUT2D eigenvalue weighted by atomic mass is 10.0. The summed E-state index contributed by atoms with van der Waals surface area (Å²) in [4.78, 5) is 60.2. The van der Waals surface area contributed by atoms with E-state index in [1.54, 1.807) is 7.05 Å². The van der Waals surface area contributed by atoms with E-state index in [4.69, 9.17) is 20.1 Å². The number of nitrogens with zero attached hydrogens (tertiary/aromatic N) is 2. The van der Waals surface area contributed by atoms with Crippen LogP contribution in [0.2, 0.25) is 0 Å². The summed E-state index contributed by atoms with van der Waals surface area (Å²) in [5.41, 5.74) is 1.24. The average Bonchev–Trinajstić information content (AvgIpc) is 3.63. The molecule has 0 bridgehead atoms. The second-order valence-corrected chi connectivity index (χ2v) is 13.0. The Morgan fingerprint density at radius 3 is 1.98 bits per heavy atom. The Hall–Kier alpha value is -3.55. The van der Waals surface area contributed by atoms with E-state index in [0.717, 1.165) is 59.3 Å². The topological polar surface area (TPSA) is 189 Å². The van der Waals surface area contributed by atoms with E-state index >= 15 is 0 Å². The smallest absolute Gasteiger partial charge is 0.290 e. The van der Waals surface area contributed by atoms with Gasteiger partial charge in [-0.1, -0.05) is 90.6 Å². The van der Waals surface area contributed by atoms with E-state index in [9.17, 15) is 19.2 Å². The summed E-state index contributed by atoms with van der Waals surface area (Å²) >= 11 is 0. The minimum Gasteiger partial charge on any atom is -0.483 e. The minimum atomic E-state index is -0.465. The first-order chi connectivity index (χ1) is 25.3. The van der Waals surface area contributed by atoms with Gasteiger partial charge in [0.15, 0.2) is 0 Å². The fourth-order valence-electron chi connectivity index (χ4n) is 5.01. The van der Waals surface area contributed by atoms with Gasteiger partial charge in [0.2, 0.25) is 23.6 Å². The summed E-state index contributed by atoms with van der Waals surface area (Å²) in [5, 5.41) is 29.2. The lowest BCUT2D eigenvalue weighted by Gasteiger charge is -2.24. The van der Waals surface area contributed by atoms with Crippen molar-refractivity contribution in [1.82, 2.24) is 25.8 Å². The molecule has 1 aliphatic heterocycles. The number of amides is 4. The van der Waals surface area contributed by atoms with E-state index in [0.29, 0.717) is 32.0 Å². The number of hydrogen-bond donors (Lipinski definition) is 6. The molecule has 310 valence electrons. The fourth-order valence-corrected chi connectivity index (χ4v) is 5.01. The number of aliphatic hydroxyl groups excluding tert-OH is 2. The monoisotopic (exact) mass is 756 g/mol. The number of benzene rings is 1. The molecule has 13 heteroatoms. The molecule has 13 nitrogen and oxygen atoms in total. The fraction of sp³-hybridized carbons (Fsp3) is 0.725. The lowest BCUT2D eigenvalue weighted by molar-refractivity contribution is -0.133. The molecule has 1 saturated heterocycles. The summed E-state index contributed by atoms with van der Waals surface area (Å²) in [6.45, 7) is 15.9. The van der Waals surface area contributed by atoms with Crippen molar-refractivity contribution in [2.24, 2.45) is 5.92 Å². The molecular weight excluding hydrogens is 678 g/mol. The van der Waals surface area contributed by atoms with Gasteiger partial charge in [-0.05, 0) is 64.5 Å². The number of hydrogen-bond acceptors (Lipinski definition) is 8. The van der Waals surface area contributed by atoms with E-state index in [2.05, 4.69) is 48.9 Å². The first-order valence-electron chi connectivity index (χ1n) is 19.1. The van der Waals surface area contributed by atoms with Crippen LogP contribution in [0.25, 0.3) is 0 Å². The zero-order valence-corrected chi connectivity index (χ0v) is 35.0. The number of rotatable bonds is 17. The molecule has 0 saturated carbocycles. The third kappa shape index (κ3) is 31.7. The van der Waals surface area contributed by atoms with Crippen molar-refractivity contribution in [2.75, 3.05) is 47.9 Å². The SMILES string of the molecule is CCC.CCCCCCC(=O)N1CCCC1CCC(=O)NCCc1ccccc1.CNC(=O)C(NC(=O)CN(C)C(C)C)C(C)C.CO.CO.O=CO. The van der Waals surface area contributed by atoms with Gasteiger partial charge in [-0.2, -0.15) is 0 Å². The molecule has 6 N–H and O–H groups in total. The summed E-state index contributed by atoms with van der Waals surface area (Å²) in [7, 11) is 5.46. The molecule has 0 aliphatic carbocycles. The molecule has 1 aromatic rings. The van der Waals surface area contributed by atoms with Gasteiger partial charge in [-0.3, -0.25) is 28.9 Å². The van der Waals surface area contributed by atoms with Crippen molar-refractivity contribution in [3.8, 4) is 0 Å². The Morgan fingerprint density at radius 1 is 0.925 bits per heavy atom. The van der Waals surface area contributed by atoms with E-state index in [-0.39, 0.29) is 42.1 Å². The van der Waals surface area contributed by atoms with Crippen LogP contribution in [0.4, 0.5) is 0 Å². The first kappa shape index (κ1) is 56.2. The standard InChI is InChI=1S/C22H34N2O2.C12H25N3O2.C3H8.CH2O2.2CH4O/c1-2-3-4-8-13-22(26)24-18-9-12-20(24)14-15-21(25)23-17-16-19-10-6-5-7-11-19;1-8(2)11(12(17)13-5)14-10(16)7-15(6)9(3)4;1-3-2;2-1-3;2*1-2/h5-7,10-11,20H,2-4,8-9,12-18H2,1H3,(H,23,25);8-9,11H,7H2,1-6H3,(H,13,17)(H,14,16);3H2,1-2H3;1H,(H,2,3);2*2H,1H3. The molecule has 1 aromatic carbocycles. The second-order valence-electron chi connectivity index (χ2n) is 13.0. The van der Waals surface area contributed by atoms with Gasteiger partial charge in [0, 0.05) is 59.3 Å². The number of carbonyl (C=O) groups excluding carboxylic acids is 4. The number of aliphatic hydroxyl groups is 2. The zero-order chi connectivity index (χ0) is 41.6. The van der Waals surface area contributed by atoms with Gasteiger partial charge in [0.25, 0.3) is 6.47 Å². The molecule has 1 heterocycles. The third-order valence-electron chi connectivity index (χ3n) is 8.01. The highest BCUT2D eigenvalue weighted by atomic mass is 16.3. The van der Waals surface area contributed by atoms with Crippen molar-refractivity contribution >= 4 is 30.1 Å². The predicted octanol–water partition coefficient (Wildman–Crippen LogP) is 4.63. The van der Waals surface area contributed by atoms with Crippen LogP contribution in [-0.2, 0) is 30.4 Å². The van der Waals surface area contributed by atoms with Crippen LogP contribution < -0.4 is 16.0 Å². The minimum absolute atomic E-state index is 0.0725.